The van der Waals surface area contributed by atoms with Gasteiger partial charge in [0.1, 0.15) is 6.61 Å². The Kier molecular flexibility index (Phi) is 5.64. The molecule has 1 aliphatic heterocycles. The van der Waals surface area contributed by atoms with Gasteiger partial charge >= 0.3 is 5.97 Å². The van der Waals surface area contributed by atoms with Crippen molar-refractivity contribution in [2.24, 2.45) is 11.8 Å². The molecule has 0 aromatic rings. The maximum absolute atomic E-state index is 11.2. The van der Waals surface area contributed by atoms with E-state index in [1.165, 1.54) is 6.92 Å². The van der Waals surface area contributed by atoms with Crippen molar-refractivity contribution < 1.29 is 19.0 Å². The highest BCUT2D eigenvalue weighted by molar-refractivity contribution is 5.66. The molecule has 0 amide bonds. The number of carbonyl (C=O) groups excluding carboxylic acids is 1. The van der Waals surface area contributed by atoms with Crippen LogP contribution in [0.1, 0.15) is 34.1 Å². The second-order valence-electron chi connectivity index (χ2n) is 4.76. The van der Waals surface area contributed by atoms with E-state index in [-0.39, 0.29) is 24.6 Å². The summed E-state index contributed by atoms with van der Waals surface area (Å²) in [6.45, 7) is 7.77. The first-order chi connectivity index (χ1) is 8.51. The Morgan fingerprint density at radius 1 is 1.39 bits per heavy atom. The van der Waals surface area contributed by atoms with Gasteiger partial charge < -0.3 is 14.2 Å². The minimum Gasteiger partial charge on any atom is -0.457 e. The van der Waals surface area contributed by atoms with Crippen molar-refractivity contribution in [1.29, 1.82) is 0 Å². The number of hydrogen-bond donors (Lipinski definition) is 0. The third-order valence-corrected chi connectivity index (χ3v) is 3.55. The van der Waals surface area contributed by atoms with Crippen LogP contribution in [-0.2, 0) is 19.0 Å². The summed E-state index contributed by atoms with van der Waals surface area (Å²) in [6.07, 6.45) is 5.22. The van der Waals surface area contributed by atoms with E-state index in [2.05, 4.69) is 26.7 Å². The molecule has 102 valence electrons. The fourth-order valence-corrected chi connectivity index (χ4v) is 2.35. The van der Waals surface area contributed by atoms with Gasteiger partial charge in [0.2, 0.25) is 0 Å². The molecule has 1 heterocycles. The molecule has 0 N–H and O–H groups in total. The summed E-state index contributed by atoms with van der Waals surface area (Å²) in [4.78, 5) is 11.2. The molecule has 1 fully saturated rings. The van der Waals surface area contributed by atoms with E-state index in [9.17, 15) is 4.79 Å². The van der Waals surface area contributed by atoms with Gasteiger partial charge in [-0.25, -0.2) is 0 Å². The molecule has 0 spiro atoms. The number of terminal acetylenes is 1. The van der Waals surface area contributed by atoms with Crippen LogP contribution in [0, 0.1) is 24.2 Å². The summed E-state index contributed by atoms with van der Waals surface area (Å²) in [5, 5.41) is 0. The Labute approximate surface area is 109 Å². The average molecular weight is 254 g/mol. The van der Waals surface area contributed by atoms with E-state index in [4.69, 9.17) is 20.6 Å². The molecule has 5 atom stereocenters. The van der Waals surface area contributed by atoms with Gasteiger partial charge in [0.05, 0.1) is 6.10 Å². The minimum absolute atomic E-state index is 0.106. The Bertz CT molecular complexity index is 320. The zero-order chi connectivity index (χ0) is 13.7. The molecule has 4 nitrogen and oxygen atoms in total. The maximum Gasteiger partial charge on any atom is 0.303 e. The zero-order valence-electron chi connectivity index (χ0n) is 11.5. The average Bonchev–Trinajstić information content (AvgIpc) is 2.33. The fourth-order valence-electron chi connectivity index (χ4n) is 2.35. The lowest BCUT2D eigenvalue weighted by Crippen LogP contribution is -2.51. The topological polar surface area (TPSA) is 44.8 Å². The van der Waals surface area contributed by atoms with Crippen LogP contribution in [0.25, 0.3) is 0 Å². The van der Waals surface area contributed by atoms with Gasteiger partial charge in [-0.05, 0) is 12.3 Å². The lowest BCUT2D eigenvalue weighted by molar-refractivity contribution is -0.271. The number of ether oxygens (including phenoxy) is 3. The number of esters is 1. The fraction of sp³-hybridized carbons (Fsp3) is 0.786. The molecular formula is C14H22O4. The first kappa shape index (κ1) is 15.0. The quantitative estimate of drug-likeness (QED) is 0.568. The van der Waals surface area contributed by atoms with Crippen LogP contribution < -0.4 is 0 Å². The summed E-state index contributed by atoms with van der Waals surface area (Å²) in [5.74, 6) is 2.56. The van der Waals surface area contributed by atoms with Crippen LogP contribution in [0.2, 0.25) is 0 Å². The van der Waals surface area contributed by atoms with E-state index in [1.807, 2.05) is 0 Å². The minimum atomic E-state index is -0.568. The second kappa shape index (κ2) is 6.77. The number of rotatable bonds is 4. The molecule has 1 rings (SSSR count). The van der Waals surface area contributed by atoms with Gasteiger partial charge in [-0.2, -0.15) is 0 Å². The normalized spacial score (nSPS) is 35.8. The highest BCUT2D eigenvalue weighted by Gasteiger charge is 2.43. The Morgan fingerprint density at radius 2 is 2.06 bits per heavy atom. The standard InChI is InChI=1S/C14H22O4/c1-6-8-16-14-13(17-11(5)15)10(4)9(3)12(7-2)18-14/h1,9-10,12-14H,7-8H2,2-5H3/t9-,10-,12+,13+,14+/m0/s1. The van der Waals surface area contributed by atoms with Crippen molar-refractivity contribution in [2.75, 3.05) is 6.61 Å². The van der Waals surface area contributed by atoms with E-state index >= 15 is 0 Å². The van der Waals surface area contributed by atoms with Gasteiger partial charge in [0, 0.05) is 12.8 Å². The molecule has 0 bridgehead atoms. The largest absolute Gasteiger partial charge is 0.457 e. The highest BCUT2D eigenvalue weighted by Crippen LogP contribution is 2.34. The third-order valence-electron chi connectivity index (χ3n) is 3.55. The predicted octanol–water partition coefficient (Wildman–Crippen LogP) is 1.97. The van der Waals surface area contributed by atoms with Crippen LogP contribution in [0.5, 0.6) is 0 Å². The maximum atomic E-state index is 11.2. The van der Waals surface area contributed by atoms with Gasteiger partial charge in [0.25, 0.3) is 0 Å². The first-order valence-electron chi connectivity index (χ1n) is 6.39. The molecule has 0 aromatic carbocycles. The summed E-state index contributed by atoms with van der Waals surface area (Å²) in [7, 11) is 0. The van der Waals surface area contributed by atoms with Crippen LogP contribution in [0.4, 0.5) is 0 Å². The van der Waals surface area contributed by atoms with Gasteiger partial charge in [-0.15, -0.1) is 6.42 Å². The van der Waals surface area contributed by atoms with Crippen molar-refractivity contribution in [3.05, 3.63) is 0 Å². The van der Waals surface area contributed by atoms with Crippen LogP contribution in [-0.4, -0.2) is 31.1 Å². The Balaban J connectivity index is 2.80. The summed E-state index contributed by atoms with van der Waals surface area (Å²) < 4.78 is 16.6. The predicted molar refractivity (Wildman–Crippen MR) is 67.6 cm³/mol. The molecule has 0 radical (unpaired) electrons. The van der Waals surface area contributed by atoms with E-state index in [1.54, 1.807) is 0 Å². The van der Waals surface area contributed by atoms with E-state index in [0.717, 1.165) is 6.42 Å². The summed E-state index contributed by atoms with van der Waals surface area (Å²) in [6, 6.07) is 0. The lowest BCUT2D eigenvalue weighted by Gasteiger charge is -2.43. The molecule has 18 heavy (non-hydrogen) atoms. The van der Waals surface area contributed by atoms with Crippen molar-refractivity contribution in [3.8, 4) is 12.3 Å². The summed E-state index contributed by atoms with van der Waals surface area (Å²) >= 11 is 0. The highest BCUT2D eigenvalue weighted by atomic mass is 16.7. The van der Waals surface area contributed by atoms with E-state index in [0.29, 0.717) is 5.92 Å². The Morgan fingerprint density at radius 3 is 2.56 bits per heavy atom. The summed E-state index contributed by atoms with van der Waals surface area (Å²) in [5.41, 5.74) is 0. The van der Waals surface area contributed by atoms with Crippen LogP contribution in [0.15, 0.2) is 0 Å². The second-order valence-corrected chi connectivity index (χ2v) is 4.76. The van der Waals surface area contributed by atoms with Gasteiger partial charge in [-0.3, -0.25) is 4.79 Å². The van der Waals surface area contributed by atoms with Gasteiger partial charge in [-0.1, -0.05) is 26.7 Å². The van der Waals surface area contributed by atoms with Gasteiger partial charge in [0.15, 0.2) is 12.4 Å². The molecule has 0 aliphatic carbocycles. The van der Waals surface area contributed by atoms with Crippen LogP contribution in [0.3, 0.4) is 0 Å². The number of hydrogen-bond acceptors (Lipinski definition) is 4. The van der Waals surface area contributed by atoms with Crippen LogP contribution >= 0.6 is 0 Å². The molecule has 0 saturated carbocycles. The third kappa shape index (κ3) is 3.47. The van der Waals surface area contributed by atoms with Crippen molar-refractivity contribution in [3.63, 3.8) is 0 Å². The molecule has 0 unspecified atom stereocenters. The lowest BCUT2D eigenvalue weighted by atomic mass is 9.82. The van der Waals surface area contributed by atoms with Crippen molar-refractivity contribution in [1.82, 2.24) is 0 Å². The number of carbonyl (C=O) groups is 1. The molecule has 0 aromatic heterocycles. The smallest absolute Gasteiger partial charge is 0.303 e. The Hall–Kier alpha value is -1.05. The van der Waals surface area contributed by atoms with Crippen molar-refractivity contribution in [2.45, 2.75) is 52.6 Å². The monoisotopic (exact) mass is 254 g/mol. The molecular weight excluding hydrogens is 232 g/mol. The van der Waals surface area contributed by atoms with E-state index < -0.39 is 12.4 Å². The first-order valence-corrected chi connectivity index (χ1v) is 6.39. The zero-order valence-corrected chi connectivity index (χ0v) is 11.5. The molecule has 1 saturated heterocycles. The molecule has 1 aliphatic rings. The van der Waals surface area contributed by atoms with Crippen molar-refractivity contribution >= 4 is 5.97 Å². The molecule has 4 heteroatoms. The SMILES string of the molecule is C#CCO[C@@H]1O[C@H](CC)[C@@H](C)[C@H](C)[C@H]1OC(C)=O.